The van der Waals surface area contributed by atoms with Crippen LogP contribution in [-0.2, 0) is 54.4 Å². The molecule has 4 aliphatic heterocycles. The molecule has 5 heterocycles. The van der Waals surface area contributed by atoms with Gasteiger partial charge < -0.3 is 54.1 Å². The van der Waals surface area contributed by atoms with Gasteiger partial charge in [0.05, 0.1) is 46.8 Å². The van der Waals surface area contributed by atoms with E-state index in [4.69, 9.17) is 28.5 Å². The molecule has 16 atom stereocenters. The van der Waals surface area contributed by atoms with E-state index in [0.29, 0.717) is 42.9 Å². The van der Waals surface area contributed by atoms with Crippen LogP contribution < -0.4 is 5.32 Å². The van der Waals surface area contributed by atoms with Gasteiger partial charge in [0, 0.05) is 62.9 Å². The summed E-state index contributed by atoms with van der Waals surface area (Å²) in [6.45, 7) is 12.8. The van der Waals surface area contributed by atoms with Gasteiger partial charge in [-0.3, -0.25) is 9.59 Å². The van der Waals surface area contributed by atoms with Crippen LogP contribution in [0.2, 0.25) is 0 Å². The molecule has 1 aromatic heterocycles. The zero-order valence-electron chi connectivity index (χ0n) is 41.7. The maximum Gasteiger partial charge on any atom is 0.316 e. The molecule has 0 saturated carbocycles. The van der Waals surface area contributed by atoms with E-state index in [0.717, 1.165) is 25.6 Å². The Morgan fingerprint density at radius 1 is 1.12 bits per heavy atom. The van der Waals surface area contributed by atoms with Gasteiger partial charge in [0.15, 0.2) is 21.9 Å². The largest absolute Gasteiger partial charge is 0.459 e. The summed E-state index contributed by atoms with van der Waals surface area (Å²) in [6.07, 6.45) is -1.90. The zero-order valence-corrected chi connectivity index (χ0v) is 42.5. The number of rotatable bonds is 15. The van der Waals surface area contributed by atoms with Crippen LogP contribution >= 0.6 is 0 Å². The van der Waals surface area contributed by atoms with Gasteiger partial charge in [-0.05, 0) is 91.1 Å². The predicted octanol–water partition coefficient (Wildman–Crippen LogP) is 3.15. The van der Waals surface area contributed by atoms with Crippen molar-refractivity contribution in [1.82, 2.24) is 25.2 Å². The number of benzene rings is 1. The Morgan fingerprint density at radius 3 is 2.45 bits per heavy atom. The molecular weight excluding hydrogens is 920 g/mol. The summed E-state index contributed by atoms with van der Waals surface area (Å²) in [5.74, 6) is -4.88. The Labute approximate surface area is 405 Å². The highest BCUT2D eigenvalue weighted by atomic mass is 32.2. The van der Waals surface area contributed by atoms with Crippen LogP contribution in [0.15, 0.2) is 40.5 Å². The summed E-state index contributed by atoms with van der Waals surface area (Å²) >= 11 is 0. The Morgan fingerprint density at radius 2 is 1.83 bits per heavy atom. The van der Waals surface area contributed by atoms with Crippen LogP contribution in [0.25, 0.3) is 0 Å². The Kier molecular flexibility index (Phi) is 18.2. The average molecular weight is 995 g/mol. The van der Waals surface area contributed by atoms with Crippen LogP contribution in [-0.4, -0.2) is 175 Å². The fourth-order valence-corrected chi connectivity index (χ4v) is 11.1. The number of methoxy groups -OCH3 is 1. The summed E-state index contributed by atoms with van der Waals surface area (Å²) < 4.78 is 71.3. The van der Waals surface area contributed by atoms with E-state index in [2.05, 4.69) is 20.8 Å². The number of sulfone groups is 1. The van der Waals surface area contributed by atoms with Gasteiger partial charge in [0.25, 0.3) is 0 Å². The van der Waals surface area contributed by atoms with Gasteiger partial charge in [-0.2, -0.15) is 0 Å². The number of nitrogens with zero attached hydrogens (tertiary/aromatic N) is 5. The summed E-state index contributed by atoms with van der Waals surface area (Å²) in [6, 6.07) is 4.70. The monoisotopic (exact) mass is 995 g/mol. The number of aliphatic hydroxyl groups excluding tert-OH is 2. The molecule has 0 amide bonds. The summed E-state index contributed by atoms with van der Waals surface area (Å²) in [7, 11) is -0.131. The number of fused-ring (bicyclic) bond motifs is 2. The van der Waals surface area contributed by atoms with E-state index in [1.54, 1.807) is 39.1 Å². The van der Waals surface area contributed by atoms with Crippen LogP contribution in [0.5, 0.6) is 0 Å². The quantitative estimate of drug-likeness (QED) is 0.114. The molecule has 388 valence electrons. The Balaban J connectivity index is 1.22. The number of likely N-dealkylation sites (N-methyl/N-ethyl adjacent to an activating group) is 1. The van der Waals surface area contributed by atoms with Crippen molar-refractivity contribution in [1.29, 1.82) is 0 Å². The number of alkyl halides is 1. The number of hydrogen-bond acceptors (Lipinski definition) is 18. The molecule has 0 radical (unpaired) electrons. The first-order valence-electron chi connectivity index (χ1n) is 24.3. The number of esters is 1. The third-order valence-electron chi connectivity index (χ3n) is 14.8. The summed E-state index contributed by atoms with van der Waals surface area (Å²) in [4.78, 5) is 36.4. The molecule has 1 aromatic carbocycles. The van der Waals surface area contributed by atoms with Crippen LogP contribution in [0.3, 0.4) is 0 Å². The van der Waals surface area contributed by atoms with E-state index in [1.165, 1.54) is 37.8 Å². The first-order chi connectivity index (χ1) is 32.5. The molecule has 2 bridgehead atoms. The van der Waals surface area contributed by atoms with E-state index in [1.807, 2.05) is 25.8 Å². The number of halogens is 1. The van der Waals surface area contributed by atoms with Gasteiger partial charge in [-0.25, -0.2) is 17.5 Å². The van der Waals surface area contributed by atoms with Gasteiger partial charge >= 0.3 is 5.97 Å². The molecule has 19 nitrogen and oxygen atoms in total. The smallest absolute Gasteiger partial charge is 0.316 e. The first kappa shape index (κ1) is 54.8. The Hall–Kier alpha value is -3.51. The van der Waals surface area contributed by atoms with Gasteiger partial charge in [-0.1, -0.05) is 43.3 Å². The number of hydrogen-bond donors (Lipinski definition) is 4. The van der Waals surface area contributed by atoms with Crippen molar-refractivity contribution in [3.8, 4) is 0 Å². The van der Waals surface area contributed by atoms with Crippen molar-refractivity contribution in [2.75, 3.05) is 53.3 Å². The number of ether oxygens (including phenoxy) is 5. The second-order valence-corrected chi connectivity index (χ2v) is 22.1. The summed E-state index contributed by atoms with van der Waals surface area (Å²) in [5, 5.41) is 52.3. The number of carbonyl (C=O) groups is 2. The maximum atomic E-state index is 14.7. The van der Waals surface area contributed by atoms with Gasteiger partial charge in [0.2, 0.25) is 0 Å². The second-order valence-electron chi connectivity index (χ2n) is 20.1. The standard InChI is InChI=1S/C48H75FN6O13S/c1-11-38-48(7,60)43(58)28(3)39(52-68-34-13-12-19-50-24-34)32-22-47(6,64-26-32)44(29(4)40(56)30(5)45(59)66-38)67-46-41(57)36(21-27(2)65-46)54(8)20-18-33-25-55(53-51-33)37(23-49)42(63-9)31-14-16-35(17-15-31)69(10,61)62/h14-17,25,27-30,32,34,36-38,41-44,46,50,57-58,60H,11-13,18-24,26H2,1-10H3/b52-39-/t27-,28+,29+,30-,32+,34-,36+,37-,38-,41-,42-,43-,44-,46+,47-,48-/m1/s1. The molecule has 0 aliphatic carbocycles. The number of ketones is 1. The molecule has 6 rings (SSSR count). The first-order valence-corrected chi connectivity index (χ1v) is 26.1. The zero-order chi connectivity index (χ0) is 50.6. The van der Waals surface area contributed by atoms with Crippen molar-refractivity contribution >= 4 is 27.3 Å². The van der Waals surface area contributed by atoms with E-state index >= 15 is 0 Å². The van der Waals surface area contributed by atoms with Crippen molar-refractivity contribution in [3.05, 3.63) is 41.7 Å². The van der Waals surface area contributed by atoms with Crippen molar-refractivity contribution in [3.63, 3.8) is 0 Å². The number of cyclic esters (lactones) is 1. The molecule has 21 heteroatoms. The number of aromatic nitrogens is 3. The number of aliphatic hydroxyl groups is 3. The molecular formula is C48H75FN6O13S. The predicted molar refractivity (Wildman–Crippen MR) is 250 cm³/mol. The molecule has 4 N–H and O–H groups in total. The van der Waals surface area contributed by atoms with Gasteiger partial charge in [-0.15, -0.1) is 5.10 Å². The van der Waals surface area contributed by atoms with Crippen LogP contribution in [0.4, 0.5) is 4.39 Å². The number of Topliss-reactive ketones (excluding diaryl/α,β-unsaturated/α-hetero) is 1. The number of carbonyl (C=O) groups excluding carboxylic acids is 2. The van der Waals surface area contributed by atoms with Gasteiger partial charge in [0.1, 0.15) is 48.7 Å². The highest BCUT2D eigenvalue weighted by Crippen LogP contribution is 2.43. The molecule has 0 unspecified atom stereocenters. The number of piperidine rings is 1. The minimum absolute atomic E-state index is 0.112. The third-order valence-corrected chi connectivity index (χ3v) is 16.0. The van der Waals surface area contributed by atoms with Crippen molar-refractivity contribution in [2.24, 2.45) is 28.8 Å². The lowest BCUT2D eigenvalue weighted by Crippen LogP contribution is -2.59. The number of nitrogens with one attached hydrogen (secondary N) is 1. The fraction of sp³-hybridized carbons (Fsp3) is 0.771. The topological polar surface area (TPSA) is 243 Å². The second kappa shape index (κ2) is 22.9. The van der Waals surface area contributed by atoms with E-state index < -0.39 is 118 Å². The average Bonchev–Trinajstić information content (AvgIpc) is 3.97. The van der Waals surface area contributed by atoms with E-state index in [9.17, 15) is 37.7 Å². The van der Waals surface area contributed by atoms with Crippen molar-refractivity contribution < 1.29 is 66.2 Å². The summed E-state index contributed by atoms with van der Waals surface area (Å²) in [5.41, 5.74) is -1.56. The maximum absolute atomic E-state index is 14.7. The lowest BCUT2D eigenvalue weighted by molar-refractivity contribution is -0.293. The minimum atomic E-state index is -3.43. The lowest BCUT2D eigenvalue weighted by Gasteiger charge is -2.46. The molecule has 4 aliphatic rings. The van der Waals surface area contributed by atoms with E-state index in [-0.39, 0.29) is 30.4 Å². The molecule has 2 aromatic rings. The fourth-order valence-electron chi connectivity index (χ4n) is 10.5. The molecule has 0 spiro atoms. The highest BCUT2D eigenvalue weighted by molar-refractivity contribution is 7.90. The normalized spacial score (nSPS) is 36.8. The van der Waals surface area contributed by atoms with Crippen LogP contribution in [0, 0.1) is 23.7 Å². The Bertz CT molecular complexity index is 2180. The SMILES string of the molecule is CC[C@H]1OC(=O)[C@H](C)C(=O)[C@H](C)[C@@H](O[C@@H]2O[C@H](C)C[C@H](N(C)CCc3cn([C@H](CF)[C@H](OC)c4ccc(S(C)(=O)=O)cc4)nn3)[C@H]2O)[C@@]2(C)C[C@@H](CO2)/C(=N\O[C@@H]2CCCNC2)[C@H](C)[C@@H](O)[C@]1(C)O. The molecule has 4 fully saturated rings. The third kappa shape index (κ3) is 12.4. The van der Waals surface area contributed by atoms with Crippen LogP contribution in [0.1, 0.15) is 104 Å². The van der Waals surface area contributed by atoms with Crippen molar-refractivity contribution in [2.45, 2.75) is 164 Å². The highest BCUT2D eigenvalue weighted by Gasteiger charge is 2.55. The lowest BCUT2D eigenvalue weighted by atomic mass is 9.75. The molecule has 4 saturated heterocycles. The molecule has 69 heavy (non-hydrogen) atoms. The minimum Gasteiger partial charge on any atom is -0.459 e. The number of oxime groups is 1.